The average Bonchev–Trinajstić information content (AvgIpc) is 3.11. The Hall–Kier alpha value is -3.00. The number of amides is 2. The van der Waals surface area contributed by atoms with Crippen LogP contribution < -0.4 is 15.4 Å². The highest BCUT2D eigenvalue weighted by atomic mass is 16.5. The van der Waals surface area contributed by atoms with E-state index in [1.165, 1.54) is 6.20 Å². The van der Waals surface area contributed by atoms with Crippen LogP contribution in [-0.4, -0.2) is 41.5 Å². The molecule has 2 N–H and O–H groups in total. The minimum Gasteiger partial charge on any atom is -0.437 e. The number of rotatable bonds is 4. The largest absolute Gasteiger partial charge is 0.437 e. The highest BCUT2D eigenvalue weighted by Crippen LogP contribution is 2.42. The Balaban J connectivity index is 1.47. The third kappa shape index (κ3) is 3.75. The van der Waals surface area contributed by atoms with Gasteiger partial charge in [-0.1, -0.05) is 6.07 Å². The number of carbonyl (C=O) groups is 2. The lowest BCUT2D eigenvalue weighted by molar-refractivity contribution is -0.134. The third-order valence-corrected chi connectivity index (χ3v) is 5.07. The van der Waals surface area contributed by atoms with Crippen molar-refractivity contribution in [2.45, 2.75) is 12.8 Å². The van der Waals surface area contributed by atoms with Gasteiger partial charge in [-0.3, -0.25) is 14.6 Å². The molecule has 2 fully saturated rings. The maximum Gasteiger partial charge on any atom is 0.237 e. The van der Waals surface area contributed by atoms with Gasteiger partial charge in [-0.2, -0.15) is 0 Å². The maximum absolute atomic E-state index is 12.9. The summed E-state index contributed by atoms with van der Waals surface area (Å²) in [5, 5.41) is 5.74. The van der Waals surface area contributed by atoms with Crippen molar-refractivity contribution in [1.82, 2.24) is 15.3 Å². The van der Waals surface area contributed by atoms with Crippen molar-refractivity contribution in [3.8, 4) is 11.6 Å². The minimum atomic E-state index is -0.417. The molecule has 2 aliphatic rings. The Morgan fingerprint density at radius 2 is 2.30 bits per heavy atom. The lowest BCUT2D eigenvalue weighted by atomic mass is 9.69. The fraction of sp³-hybridized carbons (Fsp3) is 0.368. The van der Waals surface area contributed by atoms with Crippen LogP contribution in [0, 0.1) is 11.3 Å². The van der Waals surface area contributed by atoms with Crippen LogP contribution in [0.15, 0.2) is 42.9 Å². The van der Waals surface area contributed by atoms with Gasteiger partial charge in [-0.15, -0.1) is 0 Å². The fourth-order valence-electron chi connectivity index (χ4n) is 3.67. The normalized spacial score (nSPS) is 24.4. The standard InChI is InChI=1S/C19H20N4O4/c24-16-9-19(4-7-26-12-19)15(10-22-16)18(25)23-13-2-1-3-14(8-13)27-17-11-20-5-6-21-17/h1-3,5-6,8,11,15H,4,7,9-10,12H2,(H,22,24)(H,23,25). The zero-order valence-electron chi connectivity index (χ0n) is 14.7. The first-order valence-corrected chi connectivity index (χ1v) is 8.84. The monoisotopic (exact) mass is 368 g/mol. The van der Waals surface area contributed by atoms with Crippen LogP contribution in [0.2, 0.25) is 0 Å². The zero-order valence-corrected chi connectivity index (χ0v) is 14.7. The Morgan fingerprint density at radius 1 is 1.37 bits per heavy atom. The molecule has 2 saturated heterocycles. The Morgan fingerprint density at radius 3 is 3.07 bits per heavy atom. The molecule has 1 spiro atoms. The van der Waals surface area contributed by atoms with Crippen molar-refractivity contribution in [2.24, 2.45) is 11.3 Å². The Kier molecular flexibility index (Phi) is 4.72. The number of benzene rings is 1. The van der Waals surface area contributed by atoms with Gasteiger partial charge in [0.25, 0.3) is 0 Å². The molecule has 1 aromatic carbocycles. The minimum absolute atomic E-state index is 0.0242. The lowest BCUT2D eigenvalue weighted by Gasteiger charge is -2.38. The number of piperidine rings is 1. The lowest BCUT2D eigenvalue weighted by Crippen LogP contribution is -2.53. The molecule has 0 aliphatic carbocycles. The average molecular weight is 368 g/mol. The predicted molar refractivity (Wildman–Crippen MR) is 96.2 cm³/mol. The summed E-state index contributed by atoms with van der Waals surface area (Å²) < 4.78 is 11.2. The first kappa shape index (κ1) is 17.4. The molecule has 2 unspecified atom stereocenters. The van der Waals surface area contributed by atoms with E-state index < -0.39 is 5.41 Å². The Bertz CT molecular complexity index is 837. The quantitative estimate of drug-likeness (QED) is 0.852. The number of ether oxygens (including phenoxy) is 2. The van der Waals surface area contributed by atoms with E-state index >= 15 is 0 Å². The van der Waals surface area contributed by atoms with Crippen molar-refractivity contribution in [2.75, 3.05) is 25.1 Å². The molecule has 2 aliphatic heterocycles. The molecule has 8 heteroatoms. The molecule has 2 atom stereocenters. The van der Waals surface area contributed by atoms with E-state index in [1.807, 2.05) is 0 Å². The molecule has 2 aromatic rings. The highest BCUT2D eigenvalue weighted by molar-refractivity contribution is 5.95. The summed E-state index contributed by atoms with van der Waals surface area (Å²) >= 11 is 0. The summed E-state index contributed by atoms with van der Waals surface area (Å²) in [6, 6.07) is 7.09. The first-order chi connectivity index (χ1) is 13.1. The number of aromatic nitrogens is 2. The number of nitrogens with zero attached hydrogens (tertiary/aromatic N) is 2. The van der Waals surface area contributed by atoms with Gasteiger partial charge in [-0.25, -0.2) is 4.98 Å². The van der Waals surface area contributed by atoms with Gasteiger partial charge >= 0.3 is 0 Å². The van der Waals surface area contributed by atoms with Crippen LogP contribution in [-0.2, 0) is 14.3 Å². The van der Waals surface area contributed by atoms with Crippen molar-refractivity contribution in [3.63, 3.8) is 0 Å². The smallest absolute Gasteiger partial charge is 0.237 e. The number of hydrogen-bond donors (Lipinski definition) is 2. The van der Waals surface area contributed by atoms with Gasteiger partial charge in [-0.05, 0) is 18.6 Å². The van der Waals surface area contributed by atoms with Crippen LogP contribution in [0.4, 0.5) is 5.69 Å². The molecule has 8 nitrogen and oxygen atoms in total. The number of nitrogens with one attached hydrogen (secondary N) is 2. The molecule has 3 heterocycles. The predicted octanol–water partition coefficient (Wildman–Crippen LogP) is 1.75. The molecule has 1 aromatic heterocycles. The van der Waals surface area contributed by atoms with Gasteiger partial charge in [0.05, 0.1) is 18.7 Å². The zero-order chi connectivity index (χ0) is 18.7. The first-order valence-electron chi connectivity index (χ1n) is 8.84. The van der Waals surface area contributed by atoms with E-state index in [1.54, 1.807) is 36.7 Å². The van der Waals surface area contributed by atoms with E-state index in [0.717, 1.165) is 0 Å². The molecule has 2 amide bonds. The number of hydrogen-bond acceptors (Lipinski definition) is 6. The topological polar surface area (TPSA) is 102 Å². The van der Waals surface area contributed by atoms with Gasteiger partial charge in [0.1, 0.15) is 5.75 Å². The van der Waals surface area contributed by atoms with E-state index in [0.29, 0.717) is 49.9 Å². The summed E-state index contributed by atoms with van der Waals surface area (Å²) in [4.78, 5) is 32.8. The van der Waals surface area contributed by atoms with Crippen molar-refractivity contribution >= 4 is 17.5 Å². The second kappa shape index (κ2) is 7.32. The van der Waals surface area contributed by atoms with Crippen LogP contribution in [0.1, 0.15) is 12.8 Å². The SMILES string of the molecule is O=C1CC2(CCOC2)C(C(=O)Nc2cccc(Oc3cnccn3)c2)CN1. The second-order valence-electron chi connectivity index (χ2n) is 6.86. The van der Waals surface area contributed by atoms with E-state index in [4.69, 9.17) is 9.47 Å². The van der Waals surface area contributed by atoms with E-state index in [-0.39, 0.29) is 17.7 Å². The Labute approximate surface area is 156 Å². The van der Waals surface area contributed by atoms with Gasteiger partial charge in [0.15, 0.2) is 0 Å². The highest BCUT2D eigenvalue weighted by Gasteiger charge is 2.49. The molecule has 27 heavy (non-hydrogen) atoms. The molecule has 0 radical (unpaired) electrons. The van der Waals surface area contributed by atoms with E-state index in [2.05, 4.69) is 20.6 Å². The van der Waals surface area contributed by atoms with Crippen LogP contribution in [0.25, 0.3) is 0 Å². The van der Waals surface area contributed by atoms with E-state index in [9.17, 15) is 9.59 Å². The fourth-order valence-corrected chi connectivity index (χ4v) is 3.67. The summed E-state index contributed by atoms with van der Waals surface area (Å²) in [6.07, 6.45) is 5.66. The molecular weight excluding hydrogens is 348 g/mol. The number of carbonyl (C=O) groups excluding carboxylic acids is 2. The molecule has 4 rings (SSSR count). The molecule has 0 bridgehead atoms. The number of anilines is 1. The summed E-state index contributed by atoms with van der Waals surface area (Å²) in [5.41, 5.74) is 0.201. The summed E-state index contributed by atoms with van der Waals surface area (Å²) in [5.74, 6) is 0.436. The van der Waals surface area contributed by atoms with Crippen molar-refractivity contribution in [1.29, 1.82) is 0 Å². The molecular formula is C19H20N4O4. The summed E-state index contributed by atoms with van der Waals surface area (Å²) in [6.45, 7) is 1.34. The van der Waals surface area contributed by atoms with Gasteiger partial charge in [0, 0.05) is 49.1 Å². The third-order valence-electron chi connectivity index (χ3n) is 5.07. The van der Waals surface area contributed by atoms with Crippen LogP contribution in [0.3, 0.4) is 0 Å². The van der Waals surface area contributed by atoms with Crippen molar-refractivity contribution in [3.05, 3.63) is 42.9 Å². The maximum atomic E-state index is 12.9. The summed E-state index contributed by atoms with van der Waals surface area (Å²) in [7, 11) is 0. The molecule has 0 saturated carbocycles. The molecule has 140 valence electrons. The van der Waals surface area contributed by atoms with Gasteiger partial charge in [0.2, 0.25) is 17.7 Å². The van der Waals surface area contributed by atoms with Crippen LogP contribution in [0.5, 0.6) is 11.6 Å². The van der Waals surface area contributed by atoms with Crippen molar-refractivity contribution < 1.29 is 19.1 Å². The van der Waals surface area contributed by atoms with Gasteiger partial charge < -0.3 is 20.1 Å². The second-order valence-corrected chi connectivity index (χ2v) is 6.86. The van der Waals surface area contributed by atoms with Crippen LogP contribution >= 0.6 is 0 Å².